The van der Waals surface area contributed by atoms with Gasteiger partial charge in [-0.2, -0.15) is 31.0 Å². The molecule has 0 radical (unpaired) electrons. The molecule has 0 aliphatic heterocycles. The van der Waals surface area contributed by atoms with Gasteiger partial charge in [0, 0.05) is 0 Å². The van der Waals surface area contributed by atoms with E-state index in [9.17, 15) is 9.59 Å². The van der Waals surface area contributed by atoms with Gasteiger partial charge in [0.25, 0.3) is 0 Å². The second kappa shape index (κ2) is 21.5. The lowest BCUT2D eigenvalue weighted by Crippen LogP contribution is -2.19. The number of benzene rings is 4. The molecule has 0 amide bonds. The van der Waals surface area contributed by atoms with Crippen LogP contribution in [0.1, 0.15) is 17.5 Å². The van der Waals surface area contributed by atoms with Gasteiger partial charge >= 0.3 is 11.9 Å². The highest BCUT2D eigenvalue weighted by Gasteiger charge is 2.12. The number of carbonyl (C=O) groups is 2. The summed E-state index contributed by atoms with van der Waals surface area (Å²) < 4.78 is 32.0. The number of hydrogen-bond acceptors (Lipinski definition) is 14. The zero-order valence-corrected chi connectivity index (χ0v) is 27.6. The summed E-state index contributed by atoms with van der Waals surface area (Å²) in [7, 11) is 0. The number of nitrogens with zero attached hydrogens (tertiary/aromatic N) is 6. The second-order valence-corrected chi connectivity index (χ2v) is 10.2. The maximum atomic E-state index is 11.9. The molecule has 0 bridgehead atoms. The fourth-order valence-corrected chi connectivity index (χ4v) is 3.94. The molecular weight excluding hydrogens is 656 g/mol. The molecule has 0 heterocycles. The van der Waals surface area contributed by atoms with Crippen LogP contribution in [0.4, 0.5) is 22.7 Å². The van der Waals surface area contributed by atoms with Crippen molar-refractivity contribution in [2.75, 3.05) is 52.9 Å². The first-order valence-electron chi connectivity index (χ1n) is 15.8. The summed E-state index contributed by atoms with van der Waals surface area (Å²) in [5.41, 5.74) is 3.68. The molecule has 0 N–H and O–H groups in total. The number of rotatable bonds is 20. The predicted molar refractivity (Wildman–Crippen MR) is 183 cm³/mol. The van der Waals surface area contributed by atoms with Gasteiger partial charge in [-0.15, -0.1) is 0 Å². The lowest BCUT2D eigenvalue weighted by atomic mass is 10.2. The van der Waals surface area contributed by atoms with E-state index >= 15 is 0 Å². The highest BCUT2D eigenvalue weighted by atomic mass is 16.6. The molecule has 4 rings (SSSR count). The van der Waals surface area contributed by atoms with Gasteiger partial charge < -0.3 is 28.4 Å². The zero-order valence-electron chi connectivity index (χ0n) is 27.6. The van der Waals surface area contributed by atoms with Crippen LogP contribution in [0, 0.1) is 22.7 Å². The Kier molecular flexibility index (Phi) is 15.7. The quantitative estimate of drug-likeness (QED) is 0.0396. The fraction of sp³-hybridized carbons (Fsp3) is 0.243. The number of ether oxygens (including phenoxy) is 6. The maximum Gasteiger partial charge on any atom is 0.317 e. The van der Waals surface area contributed by atoms with Crippen molar-refractivity contribution in [3.8, 4) is 23.6 Å². The molecule has 51 heavy (non-hydrogen) atoms. The first-order chi connectivity index (χ1) is 25.0. The number of esters is 2. The van der Waals surface area contributed by atoms with Crippen LogP contribution in [-0.2, 0) is 28.5 Å². The van der Waals surface area contributed by atoms with Crippen LogP contribution in [0.2, 0.25) is 0 Å². The topological polar surface area (TPSA) is 187 Å². The molecule has 0 aliphatic rings. The normalized spacial score (nSPS) is 10.8. The van der Waals surface area contributed by atoms with E-state index < -0.39 is 18.4 Å². The molecule has 0 unspecified atom stereocenters. The van der Waals surface area contributed by atoms with E-state index in [1.807, 2.05) is 0 Å². The third-order valence-electron chi connectivity index (χ3n) is 6.49. The summed E-state index contributed by atoms with van der Waals surface area (Å²) in [5, 5.41) is 34.3. The van der Waals surface area contributed by atoms with Crippen molar-refractivity contribution < 1.29 is 38.0 Å². The fourth-order valence-electron chi connectivity index (χ4n) is 3.94. The van der Waals surface area contributed by atoms with Crippen molar-refractivity contribution in [2.45, 2.75) is 6.42 Å². The van der Waals surface area contributed by atoms with Gasteiger partial charge in [-0.05, 0) is 97.1 Å². The second-order valence-electron chi connectivity index (χ2n) is 10.2. The summed E-state index contributed by atoms with van der Waals surface area (Å²) in [6, 6.07) is 31.7. The molecular formula is C37H34N6O8. The molecule has 14 heteroatoms. The molecule has 4 aromatic rings. The van der Waals surface area contributed by atoms with Crippen molar-refractivity contribution in [2.24, 2.45) is 20.5 Å². The van der Waals surface area contributed by atoms with Crippen LogP contribution in [-0.4, -0.2) is 64.8 Å². The lowest BCUT2D eigenvalue weighted by molar-refractivity contribution is -0.156. The van der Waals surface area contributed by atoms with E-state index in [0.717, 1.165) is 0 Å². The van der Waals surface area contributed by atoms with E-state index in [1.165, 1.54) is 0 Å². The monoisotopic (exact) mass is 690 g/mol. The minimum absolute atomic E-state index is 0.0143. The third-order valence-corrected chi connectivity index (χ3v) is 6.49. The van der Waals surface area contributed by atoms with Crippen LogP contribution >= 0.6 is 0 Å². The molecule has 0 saturated heterocycles. The third kappa shape index (κ3) is 14.7. The van der Waals surface area contributed by atoms with Gasteiger partial charge in [0.15, 0.2) is 0 Å². The molecule has 4 aromatic carbocycles. The van der Waals surface area contributed by atoms with Gasteiger partial charge in [0.2, 0.25) is 0 Å². The van der Waals surface area contributed by atoms with Crippen molar-refractivity contribution >= 4 is 34.7 Å². The Morgan fingerprint density at radius 1 is 0.451 bits per heavy atom. The minimum Gasteiger partial charge on any atom is -0.491 e. The SMILES string of the molecule is N#Cc1ccc(N=Nc2ccc(OCCOCCOC(=O)CC(=O)OCCOCCOc3ccc(N=Nc4ccc(C#N)cc4)cc3)cc2)cc1. The molecule has 0 spiro atoms. The van der Waals surface area contributed by atoms with Crippen molar-refractivity contribution in [3.05, 3.63) is 108 Å². The van der Waals surface area contributed by atoms with Gasteiger partial charge in [0.05, 0.1) is 72.4 Å². The van der Waals surface area contributed by atoms with Crippen LogP contribution in [0.5, 0.6) is 11.5 Å². The lowest BCUT2D eigenvalue weighted by Gasteiger charge is -2.09. The molecule has 0 fully saturated rings. The molecule has 260 valence electrons. The average molecular weight is 691 g/mol. The van der Waals surface area contributed by atoms with Crippen molar-refractivity contribution in [1.29, 1.82) is 10.5 Å². The smallest absolute Gasteiger partial charge is 0.317 e. The Labute approximate surface area is 294 Å². The van der Waals surface area contributed by atoms with Crippen molar-refractivity contribution in [3.63, 3.8) is 0 Å². The number of hydrogen-bond donors (Lipinski definition) is 0. The molecule has 0 aromatic heterocycles. The van der Waals surface area contributed by atoms with E-state index in [2.05, 4.69) is 32.6 Å². The minimum atomic E-state index is -0.715. The zero-order chi connectivity index (χ0) is 35.9. The summed E-state index contributed by atoms with van der Waals surface area (Å²) in [4.78, 5) is 23.7. The Balaban J connectivity index is 0.953. The Morgan fingerprint density at radius 2 is 0.765 bits per heavy atom. The Hall–Kier alpha value is -6.48. The largest absolute Gasteiger partial charge is 0.491 e. The summed E-state index contributed by atoms with van der Waals surface area (Å²) >= 11 is 0. The van der Waals surface area contributed by atoms with Crippen LogP contribution in [0.3, 0.4) is 0 Å². The molecule has 0 aliphatic carbocycles. The standard InChI is InChI=1S/C37H34N6O8/c38-26-28-1-5-30(6-2-28)40-42-32-9-13-34(14-10-32)48-21-17-46-19-23-50-36(44)25-37(45)51-24-20-47-18-22-49-35-15-11-33(12-16-35)43-41-31-7-3-29(27-39)4-8-31/h1-16H,17-25H2. The molecule has 0 saturated carbocycles. The summed E-state index contributed by atoms with van der Waals surface area (Å²) in [5.74, 6) is -0.173. The highest BCUT2D eigenvalue weighted by Crippen LogP contribution is 2.23. The number of carbonyl (C=O) groups excluding carboxylic acids is 2. The summed E-state index contributed by atoms with van der Waals surface area (Å²) in [6.07, 6.45) is -0.516. The van der Waals surface area contributed by atoms with Crippen LogP contribution in [0.25, 0.3) is 0 Å². The maximum absolute atomic E-state index is 11.9. The first-order valence-corrected chi connectivity index (χ1v) is 15.8. The van der Waals surface area contributed by atoms with Crippen LogP contribution < -0.4 is 9.47 Å². The number of nitriles is 2. The highest BCUT2D eigenvalue weighted by molar-refractivity contribution is 5.91. The average Bonchev–Trinajstić information content (AvgIpc) is 3.16. The van der Waals surface area contributed by atoms with Gasteiger partial charge in [-0.25, -0.2) is 0 Å². The molecule has 0 atom stereocenters. The van der Waals surface area contributed by atoms with E-state index in [4.69, 9.17) is 38.9 Å². The first kappa shape index (κ1) is 37.3. The van der Waals surface area contributed by atoms with Crippen molar-refractivity contribution in [1.82, 2.24) is 0 Å². The predicted octanol–water partition coefficient (Wildman–Crippen LogP) is 7.23. The van der Waals surface area contributed by atoms with E-state index in [-0.39, 0.29) is 52.9 Å². The van der Waals surface area contributed by atoms with Crippen LogP contribution in [0.15, 0.2) is 118 Å². The Bertz CT molecular complexity index is 1680. The van der Waals surface area contributed by atoms with Gasteiger partial charge in [-0.3, -0.25) is 9.59 Å². The number of azo groups is 2. The molecule has 14 nitrogen and oxygen atoms in total. The van der Waals surface area contributed by atoms with Gasteiger partial charge in [0.1, 0.15) is 44.3 Å². The van der Waals surface area contributed by atoms with E-state index in [0.29, 0.717) is 45.4 Å². The van der Waals surface area contributed by atoms with Gasteiger partial charge in [-0.1, -0.05) is 0 Å². The summed E-state index contributed by atoms with van der Waals surface area (Å²) in [6.45, 7) is 1.36. The van der Waals surface area contributed by atoms with E-state index in [1.54, 1.807) is 97.1 Å². The Morgan fingerprint density at radius 3 is 1.10 bits per heavy atom.